The number of rotatable bonds is 5. The van der Waals surface area contributed by atoms with Gasteiger partial charge < -0.3 is 5.32 Å². The Balaban J connectivity index is 1.92. The zero-order valence-corrected chi connectivity index (χ0v) is 8.55. The summed E-state index contributed by atoms with van der Waals surface area (Å²) in [6, 6.07) is 2.23. The van der Waals surface area contributed by atoms with E-state index in [4.69, 9.17) is 5.26 Å². The molecule has 0 bridgehead atoms. The van der Waals surface area contributed by atoms with E-state index in [1.165, 1.54) is 32.1 Å². The third-order valence-electron chi connectivity index (χ3n) is 2.88. The van der Waals surface area contributed by atoms with Crippen LogP contribution in [0.5, 0.6) is 0 Å². The Morgan fingerprint density at radius 2 is 2.15 bits per heavy atom. The Hall–Kier alpha value is -0.550. The lowest BCUT2D eigenvalue weighted by atomic mass is 10.0. The van der Waals surface area contributed by atoms with E-state index in [9.17, 15) is 0 Å². The van der Waals surface area contributed by atoms with Gasteiger partial charge in [-0.25, -0.2) is 0 Å². The second kappa shape index (κ2) is 5.99. The first-order valence-electron chi connectivity index (χ1n) is 5.43. The lowest BCUT2D eigenvalue weighted by Crippen LogP contribution is -2.22. The smallest absolute Gasteiger partial charge is 0.0666 e. The molecule has 2 heteroatoms. The average molecular weight is 180 g/mol. The molecule has 1 saturated carbocycles. The molecular formula is C11H20N2. The third kappa shape index (κ3) is 4.28. The van der Waals surface area contributed by atoms with Gasteiger partial charge in [0.2, 0.25) is 0 Å². The summed E-state index contributed by atoms with van der Waals surface area (Å²) in [5.41, 5.74) is 0. The van der Waals surface area contributed by atoms with E-state index in [-0.39, 0.29) is 5.92 Å². The van der Waals surface area contributed by atoms with Gasteiger partial charge in [-0.3, -0.25) is 0 Å². The van der Waals surface area contributed by atoms with Crippen molar-refractivity contribution in [1.82, 2.24) is 5.32 Å². The molecule has 0 aromatic rings. The van der Waals surface area contributed by atoms with Crippen molar-refractivity contribution in [2.24, 2.45) is 11.8 Å². The zero-order valence-electron chi connectivity index (χ0n) is 8.55. The Kier molecular flexibility index (Phi) is 4.85. The van der Waals surface area contributed by atoms with Crippen LogP contribution in [0.2, 0.25) is 0 Å². The molecule has 1 aliphatic rings. The van der Waals surface area contributed by atoms with Crippen molar-refractivity contribution in [3.05, 3.63) is 0 Å². The van der Waals surface area contributed by atoms with Gasteiger partial charge in [-0.15, -0.1) is 0 Å². The second-order valence-corrected chi connectivity index (χ2v) is 4.17. The lowest BCUT2D eigenvalue weighted by molar-refractivity contribution is 0.468. The van der Waals surface area contributed by atoms with E-state index >= 15 is 0 Å². The molecule has 74 valence electrons. The highest BCUT2D eigenvalue weighted by molar-refractivity contribution is 4.80. The minimum Gasteiger partial charge on any atom is -0.315 e. The molecule has 1 fully saturated rings. The van der Waals surface area contributed by atoms with Crippen LogP contribution in [0.3, 0.4) is 0 Å². The monoisotopic (exact) mass is 180 g/mol. The Morgan fingerprint density at radius 1 is 1.46 bits per heavy atom. The van der Waals surface area contributed by atoms with E-state index in [1.807, 2.05) is 6.92 Å². The number of nitriles is 1. The maximum absolute atomic E-state index is 8.56. The summed E-state index contributed by atoms with van der Waals surface area (Å²) in [4.78, 5) is 0. The first kappa shape index (κ1) is 10.5. The first-order chi connectivity index (χ1) is 6.33. The maximum atomic E-state index is 8.56. The molecule has 1 unspecified atom stereocenters. The molecule has 13 heavy (non-hydrogen) atoms. The van der Waals surface area contributed by atoms with Crippen LogP contribution in [0.15, 0.2) is 0 Å². The van der Waals surface area contributed by atoms with Crippen molar-refractivity contribution < 1.29 is 0 Å². The zero-order chi connectivity index (χ0) is 9.52. The molecule has 1 atom stereocenters. The summed E-state index contributed by atoms with van der Waals surface area (Å²) < 4.78 is 0. The quantitative estimate of drug-likeness (QED) is 0.659. The van der Waals surface area contributed by atoms with Crippen LogP contribution in [-0.2, 0) is 0 Å². The van der Waals surface area contributed by atoms with Gasteiger partial charge in [0.25, 0.3) is 0 Å². The Bertz CT molecular complexity index is 165. The average Bonchev–Trinajstić information content (AvgIpc) is 2.64. The molecule has 1 rings (SSSR count). The van der Waals surface area contributed by atoms with Crippen molar-refractivity contribution in [3.63, 3.8) is 0 Å². The molecule has 0 aliphatic heterocycles. The molecule has 0 amide bonds. The summed E-state index contributed by atoms with van der Waals surface area (Å²) in [5.74, 6) is 1.12. The standard InChI is InChI=1S/C11H20N2/c1-10(8-12)9-13-7-6-11-4-2-3-5-11/h10-11,13H,2-7,9H2,1H3. The van der Waals surface area contributed by atoms with Gasteiger partial charge in [0, 0.05) is 6.54 Å². The van der Waals surface area contributed by atoms with Crippen LogP contribution in [0.1, 0.15) is 39.0 Å². The molecule has 0 saturated heterocycles. The molecule has 0 aromatic carbocycles. The van der Waals surface area contributed by atoms with E-state index in [0.29, 0.717) is 0 Å². The number of nitrogens with one attached hydrogen (secondary N) is 1. The highest BCUT2D eigenvalue weighted by Gasteiger charge is 2.13. The van der Waals surface area contributed by atoms with Gasteiger partial charge in [-0.1, -0.05) is 25.7 Å². The van der Waals surface area contributed by atoms with E-state index < -0.39 is 0 Å². The third-order valence-corrected chi connectivity index (χ3v) is 2.88. The minimum absolute atomic E-state index is 0.156. The van der Waals surface area contributed by atoms with Crippen molar-refractivity contribution in [2.45, 2.75) is 39.0 Å². The van der Waals surface area contributed by atoms with Crippen molar-refractivity contribution in [3.8, 4) is 6.07 Å². The van der Waals surface area contributed by atoms with Crippen LogP contribution in [0, 0.1) is 23.2 Å². The molecule has 1 N–H and O–H groups in total. The topological polar surface area (TPSA) is 35.8 Å². The van der Waals surface area contributed by atoms with Gasteiger partial charge in [0.15, 0.2) is 0 Å². The Morgan fingerprint density at radius 3 is 2.77 bits per heavy atom. The first-order valence-corrected chi connectivity index (χ1v) is 5.43. The largest absolute Gasteiger partial charge is 0.315 e. The molecule has 0 radical (unpaired) electrons. The Labute approximate surface area is 81.3 Å². The minimum atomic E-state index is 0.156. The van der Waals surface area contributed by atoms with E-state index in [0.717, 1.165) is 19.0 Å². The summed E-state index contributed by atoms with van der Waals surface area (Å²) in [7, 11) is 0. The van der Waals surface area contributed by atoms with Crippen molar-refractivity contribution in [1.29, 1.82) is 5.26 Å². The number of hydrogen-bond acceptors (Lipinski definition) is 2. The van der Waals surface area contributed by atoms with Crippen LogP contribution in [0.4, 0.5) is 0 Å². The second-order valence-electron chi connectivity index (χ2n) is 4.17. The van der Waals surface area contributed by atoms with Gasteiger partial charge in [-0.05, 0) is 25.8 Å². The predicted molar refractivity (Wildman–Crippen MR) is 54.2 cm³/mol. The normalized spacial score (nSPS) is 20.0. The van der Waals surface area contributed by atoms with Crippen LogP contribution in [0.25, 0.3) is 0 Å². The van der Waals surface area contributed by atoms with Gasteiger partial charge >= 0.3 is 0 Å². The highest BCUT2D eigenvalue weighted by Crippen LogP contribution is 2.26. The van der Waals surface area contributed by atoms with Crippen LogP contribution < -0.4 is 5.32 Å². The molecular weight excluding hydrogens is 160 g/mol. The molecule has 0 spiro atoms. The summed E-state index contributed by atoms with van der Waals surface area (Å²) in [6.45, 7) is 3.91. The van der Waals surface area contributed by atoms with E-state index in [1.54, 1.807) is 0 Å². The fraction of sp³-hybridized carbons (Fsp3) is 0.909. The molecule has 2 nitrogen and oxygen atoms in total. The van der Waals surface area contributed by atoms with Crippen LogP contribution >= 0.6 is 0 Å². The fourth-order valence-electron chi connectivity index (χ4n) is 1.97. The molecule has 1 aliphatic carbocycles. The lowest BCUT2D eigenvalue weighted by Gasteiger charge is -2.10. The maximum Gasteiger partial charge on any atom is 0.0666 e. The van der Waals surface area contributed by atoms with E-state index in [2.05, 4.69) is 11.4 Å². The predicted octanol–water partition coefficient (Wildman–Crippen LogP) is 2.32. The summed E-state index contributed by atoms with van der Waals surface area (Å²) >= 11 is 0. The summed E-state index contributed by atoms with van der Waals surface area (Å²) in [5, 5.41) is 11.9. The van der Waals surface area contributed by atoms with Crippen molar-refractivity contribution in [2.75, 3.05) is 13.1 Å². The molecule has 0 heterocycles. The fourth-order valence-corrected chi connectivity index (χ4v) is 1.97. The van der Waals surface area contributed by atoms with Gasteiger partial charge in [-0.2, -0.15) is 5.26 Å². The van der Waals surface area contributed by atoms with Gasteiger partial charge in [0.1, 0.15) is 0 Å². The van der Waals surface area contributed by atoms with Crippen LogP contribution in [-0.4, -0.2) is 13.1 Å². The number of hydrogen-bond donors (Lipinski definition) is 1. The van der Waals surface area contributed by atoms with Gasteiger partial charge in [0.05, 0.1) is 12.0 Å². The number of nitrogens with zero attached hydrogens (tertiary/aromatic N) is 1. The summed E-state index contributed by atoms with van der Waals surface area (Å²) in [6.07, 6.45) is 7.02. The molecule has 0 aromatic heterocycles. The van der Waals surface area contributed by atoms with Crippen molar-refractivity contribution >= 4 is 0 Å². The SMILES string of the molecule is CC(C#N)CNCCC1CCCC1. The highest BCUT2D eigenvalue weighted by atomic mass is 14.8.